The van der Waals surface area contributed by atoms with Crippen LogP contribution < -0.4 is 14.8 Å². The van der Waals surface area contributed by atoms with E-state index >= 15 is 0 Å². The first-order valence-corrected chi connectivity index (χ1v) is 10.9. The summed E-state index contributed by atoms with van der Waals surface area (Å²) >= 11 is 1.54. The molecule has 0 amide bonds. The Hall–Kier alpha value is -4.17. The van der Waals surface area contributed by atoms with E-state index in [1.807, 2.05) is 19.1 Å². The number of nitrogens with zero attached hydrogens (tertiary/aromatic N) is 7. The summed E-state index contributed by atoms with van der Waals surface area (Å²) in [6, 6.07) is 9.35. The molecule has 0 fully saturated rings. The molecular formula is C22H20N8O2S. The number of anilines is 2. The number of hydrogen-bond acceptors (Lipinski definition) is 10. The van der Waals surface area contributed by atoms with Gasteiger partial charge in [0.25, 0.3) is 0 Å². The van der Waals surface area contributed by atoms with Crippen LogP contribution in [0.3, 0.4) is 0 Å². The average Bonchev–Trinajstić information content (AvgIpc) is 3.37. The molecular weight excluding hydrogens is 440 g/mol. The fourth-order valence-corrected chi connectivity index (χ4v) is 3.56. The first-order valence-electron chi connectivity index (χ1n) is 9.88. The molecule has 11 heteroatoms. The zero-order valence-electron chi connectivity index (χ0n) is 17.9. The van der Waals surface area contributed by atoms with E-state index in [2.05, 4.69) is 36.4 Å². The molecule has 3 aromatic heterocycles. The van der Waals surface area contributed by atoms with Gasteiger partial charge in [-0.3, -0.25) is 4.98 Å². The van der Waals surface area contributed by atoms with Crippen molar-refractivity contribution in [3.8, 4) is 28.7 Å². The molecule has 1 N–H and O–H groups in total. The standard InChI is InChI=1S/C22H20N8O2S/c1-15(33-14-30-13-25-12-28-30)32-20-7-16(3-4-17(20)8-23)18-9-26-22(27-10-18)29-19-5-6-24-11-21(19)31-2/h3-7,9-13,15H,14H2,1-2H3,(H,24,26,27,29)/t15-/m1/s1. The molecule has 166 valence electrons. The van der Waals surface area contributed by atoms with E-state index in [9.17, 15) is 5.26 Å². The Labute approximate surface area is 194 Å². The Morgan fingerprint density at radius 2 is 1.97 bits per heavy atom. The van der Waals surface area contributed by atoms with Gasteiger partial charge < -0.3 is 14.8 Å². The fourth-order valence-electron chi connectivity index (χ4n) is 2.89. The Bertz CT molecular complexity index is 1240. The number of ether oxygens (including phenoxy) is 2. The van der Waals surface area contributed by atoms with E-state index in [1.54, 1.807) is 55.0 Å². The maximum absolute atomic E-state index is 9.49. The number of benzene rings is 1. The molecule has 4 aromatic rings. The van der Waals surface area contributed by atoms with Gasteiger partial charge in [0.2, 0.25) is 5.95 Å². The second kappa shape index (κ2) is 10.4. The van der Waals surface area contributed by atoms with Crippen LogP contribution in [0.1, 0.15) is 12.5 Å². The van der Waals surface area contributed by atoms with E-state index in [-0.39, 0.29) is 5.44 Å². The molecule has 10 nitrogen and oxygen atoms in total. The zero-order chi connectivity index (χ0) is 23.0. The minimum atomic E-state index is -0.199. The van der Waals surface area contributed by atoms with Gasteiger partial charge >= 0.3 is 0 Å². The molecule has 33 heavy (non-hydrogen) atoms. The van der Waals surface area contributed by atoms with E-state index in [0.29, 0.717) is 34.6 Å². The number of nitriles is 1. The van der Waals surface area contributed by atoms with E-state index in [1.165, 1.54) is 18.1 Å². The number of thioether (sulfide) groups is 1. The molecule has 0 aliphatic carbocycles. The third-order valence-corrected chi connectivity index (χ3v) is 5.52. The van der Waals surface area contributed by atoms with E-state index in [0.717, 1.165) is 11.1 Å². The Morgan fingerprint density at radius 3 is 2.70 bits per heavy atom. The van der Waals surface area contributed by atoms with Crippen LogP contribution in [0.5, 0.6) is 11.5 Å². The number of pyridine rings is 1. The average molecular weight is 461 g/mol. The normalized spacial score (nSPS) is 11.4. The molecule has 0 saturated carbocycles. The highest BCUT2D eigenvalue weighted by atomic mass is 32.2. The summed E-state index contributed by atoms with van der Waals surface area (Å²) in [6.07, 6.45) is 9.81. The van der Waals surface area contributed by atoms with Crippen LogP contribution in [0.15, 0.2) is 61.7 Å². The first-order chi connectivity index (χ1) is 16.2. The van der Waals surface area contributed by atoms with Crippen molar-refractivity contribution in [1.29, 1.82) is 5.26 Å². The summed E-state index contributed by atoms with van der Waals surface area (Å²) < 4.78 is 13.0. The zero-order valence-corrected chi connectivity index (χ0v) is 18.7. The lowest BCUT2D eigenvalue weighted by molar-refractivity contribution is 0.306. The van der Waals surface area contributed by atoms with Crippen molar-refractivity contribution in [2.45, 2.75) is 18.2 Å². The van der Waals surface area contributed by atoms with Crippen molar-refractivity contribution in [3.63, 3.8) is 0 Å². The number of rotatable bonds is 9. The Morgan fingerprint density at radius 1 is 1.12 bits per heavy atom. The number of methoxy groups -OCH3 is 1. The summed E-state index contributed by atoms with van der Waals surface area (Å²) in [5.74, 6) is 2.10. The predicted octanol–water partition coefficient (Wildman–Crippen LogP) is 3.87. The van der Waals surface area contributed by atoms with Crippen molar-refractivity contribution in [2.24, 2.45) is 0 Å². The summed E-state index contributed by atoms with van der Waals surface area (Å²) in [5, 5.41) is 16.7. The quantitative estimate of drug-likeness (QED) is 0.368. The summed E-state index contributed by atoms with van der Waals surface area (Å²) in [5.41, 5.74) is 2.60. The molecule has 3 heterocycles. The SMILES string of the molecule is COc1cnccc1Nc1ncc(-c2ccc(C#N)c(O[C@@H](C)SCn3cncn3)c2)cn1. The molecule has 1 atom stereocenters. The molecule has 1 aromatic carbocycles. The number of nitrogens with one attached hydrogen (secondary N) is 1. The van der Waals surface area contributed by atoms with Gasteiger partial charge in [-0.25, -0.2) is 19.6 Å². The van der Waals surface area contributed by atoms with Gasteiger partial charge in [-0.2, -0.15) is 10.4 Å². The molecule has 0 spiro atoms. The highest BCUT2D eigenvalue weighted by Gasteiger charge is 2.12. The van der Waals surface area contributed by atoms with Gasteiger partial charge in [0.1, 0.15) is 29.9 Å². The fraction of sp³-hybridized carbons (Fsp3) is 0.182. The van der Waals surface area contributed by atoms with Gasteiger partial charge in [0.15, 0.2) is 5.75 Å². The van der Waals surface area contributed by atoms with Crippen molar-refractivity contribution in [2.75, 3.05) is 12.4 Å². The van der Waals surface area contributed by atoms with Gasteiger partial charge in [0, 0.05) is 24.2 Å². The summed E-state index contributed by atoms with van der Waals surface area (Å²) in [7, 11) is 1.57. The van der Waals surface area contributed by atoms with Crippen LogP contribution in [-0.2, 0) is 5.88 Å². The van der Waals surface area contributed by atoms with Gasteiger partial charge in [-0.05, 0) is 30.7 Å². The highest BCUT2D eigenvalue weighted by Crippen LogP contribution is 2.30. The van der Waals surface area contributed by atoms with Crippen LogP contribution in [0, 0.1) is 11.3 Å². The van der Waals surface area contributed by atoms with Crippen LogP contribution in [0.4, 0.5) is 11.6 Å². The van der Waals surface area contributed by atoms with Crippen molar-refractivity contribution in [3.05, 3.63) is 67.3 Å². The van der Waals surface area contributed by atoms with Crippen LogP contribution in [0.2, 0.25) is 0 Å². The lowest BCUT2D eigenvalue weighted by Gasteiger charge is -2.16. The van der Waals surface area contributed by atoms with Gasteiger partial charge in [-0.1, -0.05) is 17.8 Å². The highest BCUT2D eigenvalue weighted by molar-refractivity contribution is 7.98. The molecule has 0 unspecified atom stereocenters. The van der Waals surface area contributed by atoms with Crippen molar-refractivity contribution >= 4 is 23.4 Å². The maximum atomic E-state index is 9.49. The van der Waals surface area contributed by atoms with Gasteiger partial charge in [-0.15, -0.1) is 0 Å². The Kier molecular flexibility index (Phi) is 6.96. The Balaban J connectivity index is 1.47. The molecule has 0 saturated heterocycles. The second-order valence-corrected chi connectivity index (χ2v) is 7.99. The van der Waals surface area contributed by atoms with Crippen molar-refractivity contribution < 1.29 is 9.47 Å². The van der Waals surface area contributed by atoms with Crippen molar-refractivity contribution in [1.82, 2.24) is 29.7 Å². The topological polar surface area (TPSA) is 124 Å². The van der Waals surface area contributed by atoms with Crippen LogP contribution >= 0.6 is 11.8 Å². The predicted molar refractivity (Wildman–Crippen MR) is 124 cm³/mol. The van der Waals surface area contributed by atoms with E-state index < -0.39 is 0 Å². The largest absolute Gasteiger partial charge is 0.493 e. The van der Waals surface area contributed by atoms with Gasteiger partial charge in [0.05, 0.1) is 30.4 Å². The monoisotopic (exact) mass is 460 g/mol. The number of aromatic nitrogens is 6. The summed E-state index contributed by atoms with van der Waals surface area (Å²) in [4.78, 5) is 16.7. The number of hydrogen-bond donors (Lipinski definition) is 1. The molecule has 0 radical (unpaired) electrons. The molecule has 0 aliphatic heterocycles. The third kappa shape index (κ3) is 5.55. The molecule has 0 bridgehead atoms. The minimum absolute atomic E-state index is 0.199. The van der Waals surface area contributed by atoms with Crippen LogP contribution in [-0.4, -0.2) is 42.3 Å². The van der Waals surface area contributed by atoms with E-state index in [4.69, 9.17) is 9.47 Å². The molecule has 0 aliphatic rings. The lowest BCUT2D eigenvalue weighted by Crippen LogP contribution is -2.10. The summed E-state index contributed by atoms with van der Waals surface area (Å²) in [6.45, 7) is 1.92. The smallest absolute Gasteiger partial charge is 0.227 e. The lowest BCUT2D eigenvalue weighted by atomic mass is 10.1. The molecule has 4 rings (SSSR count). The third-order valence-electron chi connectivity index (χ3n) is 4.54. The maximum Gasteiger partial charge on any atom is 0.227 e. The minimum Gasteiger partial charge on any atom is -0.493 e. The second-order valence-electron chi connectivity index (χ2n) is 6.74. The van der Waals surface area contributed by atoms with Crippen LogP contribution in [0.25, 0.3) is 11.1 Å². The first kappa shape index (κ1) is 22.0.